The van der Waals surface area contributed by atoms with E-state index in [0.717, 1.165) is 6.07 Å². The van der Waals surface area contributed by atoms with Gasteiger partial charge in [0.15, 0.2) is 6.61 Å². The Morgan fingerprint density at radius 3 is 2.42 bits per heavy atom. The molecule has 0 atom stereocenters. The molecule has 0 N–H and O–H groups in total. The smallest absolute Gasteiger partial charge is 0.417 e. The number of alkyl halides is 3. The zero-order chi connectivity index (χ0) is 18.7. The highest BCUT2D eigenvalue weighted by atomic mass is 19.4. The summed E-state index contributed by atoms with van der Waals surface area (Å²) in [6.07, 6.45) is -4.56. The Kier molecular flexibility index (Phi) is 4.57. The summed E-state index contributed by atoms with van der Waals surface area (Å²) < 4.78 is 49.7. The molecular weight excluding hydrogens is 355 g/mol. The summed E-state index contributed by atoms with van der Waals surface area (Å²) in [5.74, 6) is 0.00148. The molecule has 26 heavy (non-hydrogen) atoms. The van der Waals surface area contributed by atoms with Gasteiger partial charge >= 0.3 is 6.18 Å². The van der Waals surface area contributed by atoms with Crippen LogP contribution in [0.5, 0.6) is 5.75 Å². The molecule has 0 fully saturated rings. The summed E-state index contributed by atoms with van der Waals surface area (Å²) in [7, 11) is 0. The Bertz CT molecular complexity index is 923. The maximum absolute atomic E-state index is 13.0. The van der Waals surface area contributed by atoms with E-state index in [-0.39, 0.29) is 29.6 Å². The first-order chi connectivity index (χ1) is 12.3. The van der Waals surface area contributed by atoms with Crippen LogP contribution in [-0.2, 0) is 12.8 Å². The van der Waals surface area contributed by atoms with Crippen LogP contribution in [0.2, 0.25) is 0 Å². The number of ether oxygens (including phenoxy) is 1. The van der Waals surface area contributed by atoms with E-state index >= 15 is 0 Å². The summed E-state index contributed by atoms with van der Waals surface area (Å²) in [6.45, 7) is -0.195. The van der Waals surface area contributed by atoms with Crippen molar-refractivity contribution in [2.24, 2.45) is 0 Å². The quantitative estimate of drug-likeness (QED) is 0.496. The fourth-order valence-electron chi connectivity index (χ4n) is 2.15. The molecule has 0 aliphatic heterocycles. The Hall–Kier alpha value is -3.43. The van der Waals surface area contributed by atoms with Gasteiger partial charge in [-0.15, -0.1) is 10.2 Å². The van der Waals surface area contributed by atoms with Gasteiger partial charge < -0.3 is 9.15 Å². The molecule has 0 spiro atoms. The maximum Gasteiger partial charge on any atom is 0.417 e. The van der Waals surface area contributed by atoms with Crippen LogP contribution in [0.25, 0.3) is 11.5 Å². The lowest BCUT2D eigenvalue weighted by molar-refractivity contribution is -0.384. The number of halogens is 3. The van der Waals surface area contributed by atoms with Crippen LogP contribution < -0.4 is 4.74 Å². The molecule has 1 heterocycles. The molecule has 2 aromatic carbocycles. The molecule has 1 aromatic heterocycles. The van der Waals surface area contributed by atoms with E-state index in [1.165, 1.54) is 42.5 Å². The maximum atomic E-state index is 13.0. The first kappa shape index (κ1) is 17.4. The van der Waals surface area contributed by atoms with Crippen LogP contribution in [0.1, 0.15) is 11.5 Å². The van der Waals surface area contributed by atoms with Crippen LogP contribution in [-0.4, -0.2) is 15.1 Å². The topological polar surface area (TPSA) is 91.3 Å². The number of aromatic nitrogens is 2. The Morgan fingerprint density at radius 1 is 1.08 bits per heavy atom. The molecule has 10 heteroatoms. The highest BCUT2D eigenvalue weighted by Crippen LogP contribution is 2.36. The average molecular weight is 365 g/mol. The molecule has 0 bridgehead atoms. The van der Waals surface area contributed by atoms with Gasteiger partial charge in [-0.25, -0.2) is 0 Å². The zero-order valence-electron chi connectivity index (χ0n) is 12.9. The van der Waals surface area contributed by atoms with Crippen LogP contribution in [0.15, 0.2) is 52.9 Å². The Labute approximate surface area is 144 Å². The fourth-order valence-corrected chi connectivity index (χ4v) is 2.15. The third-order valence-corrected chi connectivity index (χ3v) is 3.34. The molecular formula is C16H10F3N3O4. The number of hydrogen-bond donors (Lipinski definition) is 0. The van der Waals surface area contributed by atoms with Crippen LogP contribution in [0.4, 0.5) is 18.9 Å². The van der Waals surface area contributed by atoms with Crippen molar-refractivity contribution >= 4 is 5.69 Å². The molecule has 0 unspecified atom stereocenters. The third kappa shape index (κ3) is 3.79. The molecule has 0 saturated heterocycles. The first-order valence-corrected chi connectivity index (χ1v) is 7.21. The lowest BCUT2D eigenvalue weighted by Gasteiger charge is -2.09. The minimum atomic E-state index is -4.56. The standard InChI is InChI=1S/C16H10F3N3O4/c17-16(18,19)13-4-2-1-3-12(13)15-21-20-14(26-15)9-25-11-7-5-10(6-8-11)22(23)24/h1-8H,9H2. The average Bonchev–Trinajstić information content (AvgIpc) is 3.08. The number of nitrogens with zero attached hydrogens (tertiary/aromatic N) is 3. The predicted molar refractivity (Wildman–Crippen MR) is 82.2 cm³/mol. The number of rotatable bonds is 5. The highest BCUT2D eigenvalue weighted by Gasteiger charge is 2.34. The number of non-ortho nitro benzene ring substituents is 1. The van der Waals surface area contributed by atoms with Crippen LogP contribution in [0.3, 0.4) is 0 Å². The van der Waals surface area contributed by atoms with E-state index in [9.17, 15) is 23.3 Å². The molecule has 0 aliphatic carbocycles. The number of hydrogen-bond acceptors (Lipinski definition) is 6. The molecule has 3 aromatic rings. The minimum Gasteiger partial charge on any atom is -0.484 e. The van der Waals surface area contributed by atoms with E-state index in [1.807, 2.05) is 0 Å². The van der Waals surface area contributed by atoms with Crippen molar-refractivity contribution < 1.29 is 27.2 Å². The molecule has 0 radical (unpaired) electrons. The van der Waals surface area contributed by atoms with Crippen molar-refractivity contribution in [3.05, 3.63) is 70.1 Å². The van der Waals surface area contributed by atoms with Gasteiger partial charge in [0.05, 0.1) is 16.1 Å². The summed E-state index contributed by atoms with van der Waals surface area (Å²) in [6, 6.07) is 10.1. The lowest BCUT2D eigenvalue weighted by atomic mass is 10.1. The second kappa shape index (κ2) is 6.82. The van der Waals surface area contributed by atoms with Crippen LogP contribution >= 0.6 is 0 Å². The van der Waals surface area contributed by atoms with Crippen molar-refractivity contribution in [2.45, 2.75) is 12.8 Å². The number of nitro groups is 1. The van der Waals surface area contributed by atoms with E-state index in [2.05, 4.69) is 10.2 Å². The van der Waals surface area contributed by atoms with Crippen molar-refractivity contribution in [3.8, 4) is 17.2 Å². The zero-order valence-corrected chi connectivity index (χ0v) is 12.9. The van der Waals surface area contributed by atoms with Crippen LogP contribution in [0, 0.1) is 10.1 Å². The molecule has 0 amide bonds. The van der Waals surface area contributed by atoms with Gasteiger partial charge in [0, 0.05) is 12.1 Å². The molecule has 0 saturated carbocycles. The van der Waals surface area contributed by atoms with Crippen molar-refractivity contribution in [2.75, 3.05) is 0 Å². The molecule has 7 nitrogen and oxygen atoms in total. The molecule has 3 rings (SSSR count). The van der Waals surface area contributed by atoms with Gasteiger partial charge in [-0.05, 0) is 24.3 Å². The minimum absolute atomic E-state index is 0.0321. The van der Waals surface area contributed by atoms with Gasteiger partial charge in [0.25, 0.3) is 11.6 Å². The first-order valence-electron chi connectivity index (χ1n) is 7.21. The molecule has 0 aliphatic rings. The Balaban J connectivity index is 1.74. The van der Waals surface area contributed by atoms with Gasteiger partial charge in [-0.3, -0.25) is 10.1 Å². The number of nitro benzene ring substituents is 1. The summed E-state index contributed by atoms with van der Waals surface area (Å²) in [5.41, 5.74) is -1.21. The van der Waals surface area contributed by atoms with Gasteiger partial charge in [-0.2, -0.15) is 13.2 Å². The van der Waals surface area contributed by atoms with E-state index in [1.54, 1.807) is 0 Å². The van der Waals surface area contributed by atoms with Crippen molar-refractivity contribution in [3.63, 3.8) is 0 Å². The molecule has 134 valence electrons. The lowest BCUT2D eigenvalue weighted by Crippen LogP contribution is -2.06. The predicted octanol–water partition coefficient (Wildman–Crippen LogP) is 4.24. The van der Waals surface area contributed by atoms with E-state index in [0.29, 0.717) is 5.75 Å². The van der Waals surface area contributed by atoms with Crippen molar-refractivity contribution in [1.29, 1.82) is 0 Å². The highest BCUT2D eigenvalue weighted by molar-refractivity contribution is 5.59. The second-order valence-electron chi connectivity index (χ2n) is 5.08. The third-order valence-electron chi connectivity index (χ3n) is 3.34. The fraction of sp³-hybridized carbons (Fsp3) is 0.125. The van der Waals surface area contributed by atoms with E-state index in [4.69, 9.17) is 9.15 Å². The van der Waals surface area contributed by atoms with Gasteiger partial charge in [0.1, 0.15) is 5.75 Å². The van der Waals surface area contributed by atoms with Gasteiger partial charge in [0.2, 0.25) is 5.89 Å². The summed E-state index contributed by atoms with van der Waals surface area (Å²) in [5, 5.41) is 17.9. The van der Waals surface area contributed by atoms with Crippen molar-refractivity contribution in [1.82, 2.24) is 10.2 Å². The largest absolute Gasteiger partial charge is 0.484 e. The number of benzene rings is 2. The normalized spacial score (nSPS) is 11.3. The summed E-state index contributed by atoms with van der Waals surface area (Å²) >= 11 is 0. The second-order valence-corrected chi connectivity index (χ2v) is 5.08. The monoisotopic (exact) mass is 365 g/mol. The summed E-state index contributed by atoms with van der Waals surface area (Å²) in [4.78, 5) is 10.0. The SMILES string of the molecule is O=[N+]([O-])c1ccc(OCc2nnc(-c3ccccc3C(F)(F)F)o2)cc1. The van der Waals surface area contributed by atoms with Gasteiger partial charge in [-0.1, -0.05) is 12.1 Å². The van der Waals surface area contributed by atoms with E-state index < -0.39 is 16.7 Å². The Morgan fingerprint density at radius 2 is 1.77 bits per heavy atom.